The molecule has 0 saturated heterocycles. The van der Waals surface area contributed by atoms with Gasteiger partial charge in [0.25, 0.3) is 0 Å². The number of nitrogens with zero attached hydrogens (tertiary/aromatic N) is 1. The number of alkyl halides is 3. The molecule has 0 aliphatic carbocycles. The summed E-state index contributed by atoms with van der Waals surface area (Å²) in [4.78, 5) is 0. The van der Waals surface area contributed by atoms with E-state index < -0.39 is 11.7 Å². The van der Waals surface area contributed by atoms with Crippen LogP contribution in [0.4, 0.5) is 18.9 Å². The van der Waals surface area contributed by atoms with Crippen molar-refractivity contribution >= 4 is 11.9 Å². The van der Waals surface area contributed by atoms with Gasteiger partial charge >= 0.3 is 6.18 Å². The second kappa shape index (κ2) is 8.40. The maximum atomic E-state index is 13.0. The predicted octanol–water partition coefficient (Wildman–Crippen LogP) is 5.73. The zero-order valence-electron chi connectivity index (χ0n) is 14.3. The van der Waals surface area contributed by atoms with Gasteiger partial charge in [-0.15, -0.1) is 0 Å². The fourth-order valence-electron chi connectivity index (χ4n) is 2.43. The lowest BCUT2D eigenvalue weighted by molar-refractivity contribution is -0.136. The Balaban J connectivity index is 1.65. The van der Waals surface area contributed by atoms with Crippen LogP contribution < -0.4 is 10.2 Å². The molecule has 0 bridgehead atoms. The largest absolute Gasteiger partial charge is 0.489 e. The van der Waals surface area contributed by atoms with Crippen LogP contribution >= 0.6 is 0 Å². The molecule has 0 aliphatic rings. The van der Waals surface area contributed by atoms with Crippen molar-refractivity contribution in [2.75, 3.05) is 5.43 Å². The molecule has 3 nitrogen and oxygen atoms in total. The summed E-state index contributed by atoms with van der Waals surface area (Å²) in [5.41, 5.74) is 3.34. The van der Waals surface area contributed by atoms with Crippen molar-refractivity contribution in [2.45, 2.75) is 12.8 Å². The Morgan fingerprint density at radius 1 is 0.889 bits per heavy atom. The first-order valence-electron chi connectivity index (χ1n) is 8.24. The molecule has 0 spiro atoms. The predicted molar refractivity (Wildman–Crippen MR) is 99.9 cm³/mol. The first-order valence-corrected chi connectivity index (χ1v) is 8.24. The summed E-state index contributed by atoms with van der Waals surface area (Å²) in [5, 5.41) is 3.91. The van der Waals surface area contributed by atoms with Crippen LogP contribution in [0.5, 0.6) is 5.75 Å². The molecule has 0 saturated carbocycles. The highest BCUT2D eigenvalue weighted by Crippen LogP contribution is 2.34. The van der Waals surface area contributed by atoms with E-state index in [1.54, 1.807) is 18.2 Å². The van der Waals surface area contributed by atoms with E-state index >= 15 is 0 Å². The third-order valence-corrected chi connectivity index (χ3v) is 3.74. The minimum absolute atomic E-state index is 0.0993. The van der Waals surface area contributed by atoms with E-state index in [0.717, 1.165) is 11.6 Å². The van der Waals surface area contributed by atoms with Gasteiger partial charge in [-0.25, -0.2) is 0 Å². The normalized spacial score (nSPS) is 11.5. The Bertz CT molecular complexity index is 909. The molecule has 0 fully saturated rings. The number of para-hydroxylation sites is 1. The minimum atomic E-state index is -4.44. The summed E-state index contributed by atoms with van der Waals surface area (Å²) >= 11 is 0. The van der Waals surface area contributed by atoms with Crippen LogP contribution in [0, 0.1) is 0 Å². The number of hydrogen-bond acceptors (Lipinski definition) is 3. The highest BCUT2D eigenvalue weighted by molar-refractivity contribution is 5.81. The molecule has 0 atom stereocenters. The molecule has 0 amide bonds. The summed E-state index contributed by atoms with van der Waals surface area (Å²) in [6.45, 7) is 0.429. The second-order valence-electron chi connectivity index (χ2n) is 5.76. The number of rotatable bonds is 6. The van der Waals surface area contributed by atoms with Crippen molar-refractivity contribution in [1.82, 2.24) is 0 Å². The van der Waals surface area contributed by atoms with Gasteiger partial charge < -0.3 is 4.74 Å². The molecular weight excluding hydrogens is 353 g/mol. The molecule has 6 heteroatoms. The average molecular weight is 370 g/mol. The van der Waals surface area contributed by atoms with Gasteiger partial charge in [0.05, 0.1) is 17.5 Å². The smallest absolute Gasteiger partial charge is 0.418 e. The van der Waals surface area contributed by atoms with Crippen molar-refractivity contribution in [3.63, 3.8) is 0 Å². The van der Waals surface area contributed by atoms with E-state index in [-0.39, 0.29) is 5.69 Å². The number of ether oxygens (including phenoxy) is 1. The van der Waals surface area contributed by atoms with Crippen molar-refractivity contribution < 1.29 is 17.9 Å². The number of halogens is 3. The molecule has 0 aromatic heterocycles. The zero-order chi connectivity index (χ0) is 19.1. The Morgan fingerprint density at radius 3 is 2.41 bits per heavy atom. The topological polar surface area (TPSA) is 33.6 Å². The summed E-state index contributed by atoms with van der Waals surface area (Å²) in [5.74, 6) is 0.651. The number of nitrogens with one attached hydrogen (secondary N) is 1. The van der Waals surface area contributed by atoms with E-state index in [9.17, 15) is 13.2 Å². The fourth-order valence-corrected chi connectivity index (χ4v) is 2.43. The summed E-state index contributed by atoms with van der Waals surface area (Å²) < 4.78 is 44.6. The highest BCUT2D eigenvalue weighted by atomic mass is 19.4. The Hall–Kier alpha value is -3.28. The quantitative estimate of drug-likeness (QED) is 0.444. The van der Waals surface area contributed by atoms with Crippen LogP contribution in [0.15, 0.2) is 84.0 Å². The van der Waals surface area contributed by atoms with Gasteiger partial charge in [0, 0.05) is 0 Å². The van der Waals surface area contributed by atoms with Gasteiger partial charge in [0.2, 0.25) is 0 Å². The Labute approximate surface area is 155 Å². The van der Waals surface area contributed by atoms with Crippen molar-refractivity contribution in [2.24, 2.45) is 5.10 Å². The molecule has 0 unspecified atom stereocenters. The zero-order valence-corrected chi connectivity index (χ0v) is 14.3. The van der Waals surface area contributed by atoms with Crippen LogP contribution in [0.1, 0.15) is 16.7 Å². The molecule has 27 heavy (non-hydrogen) atoms. The van der Waals surface area contributed by atoms with Crippen LogP contribution in [0.25, 0.3) is 0 Å². The fraction of sp³-hybridized carbons (Fsp3) is 0.0952. The first kappa shape index (κ1) is 18.5. The van der Waals surface area contributed by atoms with E-state index in [4.69, 9.17) is 4.74 Å². The summed E-state index contributed by atoms with van der Waals surface area (Å²) in [6.07, 6.45) is -2.99. The maximum absolute atomic E-state index is 13.0. The molecule has 3 aromatic carbocycles. The van der Waals surface area contributed by atoms with Gasteiger partial charge in [-0.2, -0.15) is 18.3 Å². The van der Waals surface area contributed by atoms with E-state index in [1.807, 2.05) is 36.4 Å². The molecule has 0 radical (unpaired) electrons. The molecule has 0 heterocycles. The molecule has 0 aliphatic heterocycles. The molecular formula is C21H17F3N2O. The summed E-state index contributed by atoms with van der Waals surface area (Å²) in [6, 6.07) is 22.1. The van der Waals surface area contributed by atoms with E-state index in [0.29, 0.717) is 17.9 Å². The number of benzene rings is 3. The van der Waals surface area contributed by atoms with Gasteiger partial charge in [-0.3, -0.25) is 5.43 Å². The highest BCUT2D eigenvalue weighted by Gasteiger charge is 2.33. The first-order chi connectivity index (χ1) is 13.0. The van der Waals surface area contributed by atoms with Gasteiger partial charge in [0.1, 0.15) is 12.4 Å². The third-order valence-electron chi connectivity index (χ3n) is 3.74. The number of hydrazone groups is 1. The van der Waals surface area contributed by atoms with E-state index in [1.165, 1.54) is 24.4 Å². The average Bonchev–Trinajstić information content (AvgIpc) is 2.67. The van der Waals surface area contributed by atoms with Crippen LogP contribution in [-0.4, -0.2) is 6.21 Å². The Kier molecular flexibility index (Phi) is 5.76. The van der Waals surface area contributed by atoms with Crippen LogP contribution in [0.2, 0.25) is 0 Å². The Morgan fingerprint density at radius 2 is 1.63 bits per heavy atom. The van der Waals surface area contributed by atoms with E-state index in [2.05, 4.69) is 10.5 Å². The molecule has 3 aromatic rings. The van der Waals surface area contributed by atoms with Gasteiger partial charge in [-0.05, 0) is 35.4 Å². The monoisotopic (exact) mass is 370 g/mol. The number of anilines is 1. The lowest BCUT2D eigenvalue weighted by Gasteiger charge is -2.11. The molecule has 138 valence electrons. The van der Waals surface area contributed by atoms with Gasteiger partial charge in [0.15, 0.2) is 0 Å². The molecule has 1 N–H and O–H groups in total. The summed E-state index contributed by atoms with van der Waals surface area (Å²) in [7, 11) is 0. The molecule has 3 rings (SSSR count). The van der Waals surface area contributed by atoms with Crippen LogP contribution in [-0.2, 0) is 12.8 Å². The lowest BCUT2D eigenvalue weighted by atomic mass is 10.2. The van der Waals surface area contributed by atoms with Crippen LogP contribution in [0.3, 0.4) is 0 Å². The maximum Gasteiger partial charge on any atom is 0.418 e. The van der Waals surface area contributed by atoms with Crippen molar-refractivity contribution in [3.05, 3.63) is 95.6 Å². The van der Waals surface area contributed by atoms with Crippen molar-refractivity contribution in [3.8, 4) is 5.75 Å². The standard InChI is InChI=1S/C21H17F3N2O/c22-21(23,24)19-11-4-5-12-20(19)26-25-14-17-9-6-10-18(13-17)27-15-16-7-2-1-3-8-16/h1-14,26H,15H2. The second-order valence-corrected chi connectivity index (χ2v) is 5.76. The lowest BCUT2D eigenvalue weighted by Crippen LogP contribution is -2.08. The number of hydrogen-bond donors (Lipinski definition) is 1. The SMILES string of the molecule is FC(F)(F)c1ccccc1NN=Cc1cccc(OCc2ccccc2)c1. The van der Waals surface area contributed by atoms with Crippen molar-refractivity contribution in [1.29, 1.82) is 0 Å². The third kappa shape index (κ3) is 5.34. The van der Waals surface area contributed by atoms with Gasteiger partial charge in [-0.1, -0.05) is 54.6 Å². The minimum Gasteiger partial charge on any atom is -0.489 e.